The summed E-state index contributed by atoms with van der Waals surface area (Å²) in [7, 11) is 2.93. The van der Waals surface area contributed by atoms with Crippen LogP contribution in [-0.4, -0.2) is 44.1 Å². The molecule has 0 aromatic heterocycles. The van der Waals surface area contributed by atoms with E-state index in [2.05, 4.69) is 37.1 Å². The second-order valence-electron chi connectivity index (χ2n) is 8.69. The molecule has 43 heavy (non-hydrogen) atoms. The Morgan fingerprint density at radius 1 is 0.767 bits per heavy atom. The Bertz CT molecular complexity index is 1670. The second kappa shape index (κ2) is 14.4. The number of carbonyl (C=O) groups excluding carboxylic acids is 4. The van der Waals surface area contributed by atoms with Gasteiger partial charge in [0.1, 0.15) is 5.75 Å². The maximum Gasteiger partial charge on any atom is 0.343 e. The minimum Gasteiger partial charge on any atom is -0.497 e. The summed E-state index contributed by atoms with van der Waals surface area (Å²) < 4.78 is 16.7. The predicted octanol–water partition coefficient (Wildman–Crippen LogP) is 5.03. The molecule has 12 heteroatoms. The van der Waals surface area contributed by atoms with Crippen molar-refractivity contribution in [2.75, 3.05) is 24.9 Å². The van der Waals surface area contributed by atoms with Gasteiger partial charge in [0.15, 0.2) is 11.5 Å². The van der Waals surface area contributed by atoms with E-state index in [4.69, 9.17) is 14.2 Å². The number of amides is 3. The molecule has 0 aliphatic heterocycles. The fraction of sp³-hybridized carbons (Fsp3) is 0.0645. The minimum absolute atomic E-state index is 0.144. The van der Waals surface area contributed by atoms with Gasteiger partial charge in [-0.15, -0.1) is 0 Å². The van der Waals surface area contributed by atoms with Gasteiger partial charge in [-0.1, -0.05) is 28.1 Å². The first-order valence-corrected chi connectivity index (χ1v) is 13.4. The van der Waals surface area contributed by atoms with E-state index in [-0.39, 0.29) is 22.7 Å². The van der Waals surface area contributed by atoms with E-state index >= 15 is 0 Å². The molecule has 4 aromatic carbocycles. The van der Waals surface area contributed by atoms with Gasteiger partial charge < -0.3 is 24.8 Å². The lowest BCUT2D eigenvalue weighted by atomic mass is 10.1. The summed E-state index contributed by atoms with van der Waals surface area (Å²) in [4.78, 5) is 50.2. The number of nitrogens with one attached hydrogen (secondary N) is 3. The number of rotatable bonds is 9. The van der Waals surface area contributed by atoms with Crippen molar-refractivity contribution in [2.24, 2.45) is 5.10 Å². The molecule has 0 atom stereocenters. The van der Waals surface area contributed by atoms with Crippen molar-refractivity contribution in [1.29, 1.82) is 0 Å². The van der Waals surface area contributed by atoms with Gasteiger partial charge >= 0.3 is 17.8 Å². The number of nitrogens with zero attached hydrogens (tertiary/aromatic N) is 1. The molecule has 0 saturated carbocycles. The van der Waals surface area contributed by atoms with Gasteiger partial charge in [0.2, 0.25) is 0 Å². The van der Waals surface area contributed by atoms with E-state index in [9.17, 15) is 19.2 Å². The average molecular weight is 645 g/mol. The Labute approximate surface area is 255 Å². The molecular weight excluding hydrogens is 620 g/mol. The third kappa shape index (κ3) is 8.27. The number of anilines is 2. The van der Waals surface area contributed by atoms with Crippen molar-refractivity contribution in [1.82, 2.24) is 5.43 Å². The molecule has 4 rings (SSSR count). The molecule has 0 bridgehead atoms. The van der Waals surface area contributed by atoms with Crippen LogP contribution in [0.25, 0.3) is 0 Å². The van der Waals surface area contributed by atoms with Gasteiger partial charge in [-0.2, -0.15) is 5.10 Å². The third-order valence-electron chi connectivity index (χ3n) is 5.82. The molecule has 0 unspecified atom stereocenters. The van der Waals surface area contributed by atoms with Gasteiger partial charge in [-0.25, -0.2) is 10.2 Å². The Hall–Kier alpha value is -5.49. The summed E-state index contributed by atoms with van der Waals surface area (Å²) >= 11 is 3.33. The smallest absolute Gasteiger partial charge is 0.343 e. The fourth-order valence-electron chi connectivity index (χ4n) is 3.65. The fourth-order valence-corrected chi connectivity index (χ4v) is 3.92. The number of hydrogen-bond acceptors (Lipinski definition) is 8. The topological polar surface area (TPSA) is 144 Å². The molecule has 218 valence electrons. The molecule has 0 heterocycles. The predicted molar refractivity (Wildman–Crippen MR) is 164 cm³/mol. The van der Waals surface area contributed by atoms with Crippen LogP contribution in [0, 0.1) is 0 Å². The van der Waals surface area contributed by atoms with Crippen molar-refractivity contribution in [3.8, 4) is 17.2 Å². The first-order valence-electron chi connectivity index (χ1n) is 12.6. The zero-order valence-corrected chi connectivity index (χ0v) is 24.5. The lowest BCUT2D eigenvalue weighted by Gasteiger charge is -2.11. The molecule has 0 fully saturated rings. The Balaban J connectivity index is 1.35. The molecule has 3 N–H and O–H groups in total. The van der Waals surface area contributed by atoms with Crippen LogP contribution in [0.2, 0.25) is 0 Å². The number of benzene rings is 4. The van der Waals surface area contributed by atoms with Crippen LogP contribution >= 0.6 is 15.9 Å². The highest BCUT2D eigenvalue weighted by Crippen LogP contribution is 2.28. The number of halogens is 1. The number of hydrogen-bond donors (Lipinski definition) is 3. The molecule has 0 saturated heterocycles. The maximum atomic E-state index is 12.8. The minimum atomic E-state index is -1.06. The van der Waals surface area contributed by atoms with E-state index in [1.807, 2.05) is 0 Å². The van der Waals surface area contributed by atoms with E-state index in [1.54, 1.807) is 66.7 Å². The summed E-state index contributed by atoms with van der Waals surface area (Å²) in [5.74, 6) is -2.13. The monoisotopic (exact) mass is 644 g/mol. The van der Waals surface area contributed by atoms with Crippen molar-refractivity contribution >= 4 is 57.2 Å². The quantitative estimate of drug-likeness (QED) is 0.0762. The Morgan fingerprint density at radius 2 is 1.49 bits per heavy atom. The van der Waals surface area contributed by atoms with Crippen molar-refractivity contribution in [3.05, 3.63) is 112 Å². The highest BCUT2D eigenvalue weighted by molar-refractivity contribution is 9.10. The summed E-state index contributed by atoms with van der Waals surface area (Å²) in [6.45, 7) is 0. The van der Waals surface area contributed by atoms with E-state index in [0.717, 1.165) is 4.47 Å². The van der Waals surface area contributed by atoms with Crippen molar-refractivity contribution in [2.45, 2.75) is 0 Å². The number of ether oxygens (including phenoxy) is 3. The zero-order chi connectivity index (χ0) is 30.8. The number of esters is 1. The third-order valence-corrected chi connectivity index (χ3v) is 6.35. The van der Waals surface area contributed by atoms with Crippen LogP contribution in [0.5, 0.6) is 17.2 Å². The first kappa shape index (κ1) is 30.5. The molecular formula is C31H25BrN4O7. The first-order chi connectivity index (χ1) is 20.8. The summed E-state index contributed by atoms with van der Waals surface area (Å²) in [6, 6.07) is 24.3. The molecule has 11 nitrogen and oxygen atoms in total. The van der Waals surface area contributed by atoms with Gasteiger partial charge in [-0.3, -0.25) is 14.4 Å². The van der Waals surface area contributed by atoms with Crippen LogP contribution in [0.3, 0.4) is 0 Å². The standard InChI is InChI=1S/C31H25BrN4O7/c1-41-23-14-8-20(9-15-23)31(40)43-26-16-7-19(17-27(26)42-2)18-33-36-30(39)29(38)35-25-6-4-3-5-24(25)28(37)34-22-12-10-21(32)11-13-22/h3-18H,1-2H3,(H,34,37)(H,35,38)(H,36,39). The average Bonchev–Trinajstić information content (AvgIpc) is 3.02. The maximum absolute atomic E-state index is 12.8. The summed E-state index contributed by atoms with van der Waals surface area (Å²) in [6.07, 6.45) is 1.28. The van der Waals surface area contributed by atoms with Crippen LogP contribution < -0.4 is 30.3 Å². The number of para-hydroxylation sites is 1. The van der Waals surface area contributed by atoms with Crippen molar-refractivity contribution < 1.29 is 33.4 Å². The zero-order valence-electron chi connectivity index (χ0n) is 22.9. The van der Waals surface area contributed by atoms with E-state index < -0.39 is 23.7 Å². The van der Waals surface area contributed by atoms with Gasteiger partial charge in [0.05, 0.1) is 37.2 Å². The molecule has 0 aliphatic carbocycles. The SMILES string of the molecule is COc1ccc(C(=O)Oc2ccc(C=NNC(=O)C(=O)Nc3ccccc3C(=O)Nc3ccc(Br)cc3)cc2OC)cc1. The highest BCUT2D eigenvalue weighted by atomic mass is 79.9. The van der Waals surface area contributed by atoms with Crippen LogP contribution in [0.4, 0.5) is 11.4 Å². The molecule has 0 spiro atoms. The van der Waals surface area contributed by atoms with Gasteiger partial charge in [0.25, 0.3) is 5.91 Å². The number of methoxy groups -OCH3 is 2. The number of hydrazone groups is 1. The molecule has 4 aromatic rings. The Kier molecular flexibility index (Phi) is 10.2. The molecule has 0 aliphatic rings. The summed E-state index contributed by atoms with van der Waals surface area (Å²) in [5.41, 5.74) is 3.81. The lowest BCUT2D eigenvalue weighted by Crippen LogP contribution is -2.33. The van der Waals surface area contributed by atoms with E-state index in [1.165, 1.54) is 44.7 Å². The van der Waals surface area contributed by atoms with Gasteiger partial charge in [0, 0.05) is 10.2 Å². The van der Waals surface area contributed by atoms with E-state index in [0.29, 0.717) is 22.6 Å². The largest absolute Gasteiger partial charge is 0.497 e. The summed E-state index contributed by atoms with van der Waals surface area (Å²) in [5, 5.41) is 8.98. The lowest BCUT2D eigenvalue weighted by molar-refractivity contribution is -0.136. The van der Waals surface area contributed by atoms with Crippen LogP contribution in [0.1, 0.15) is 26.3 Å². The van der Waals surface area contributed by atoms with Crippen LogP contribution in [-0.2, 0) is 9.59 Å². The Morgan fingerprint density at radius 3 is 2.19 bits per heavy atom. The second-order valence-corrected chi connectivity index (χ2v) is 9.60. The molecule has 0 radical (unpaired) electrons. The molecule has 3 amide bonds. The van der Waals surface area contributed by atoms with Crippen LogP contribution in [0.15, 0.2) is 101 Å². The van der Waals surface area contributed by atoms with Gasteiger partial charge in [-0.05, 0) is 84.4 Å². The normalized spacial score (nSPS) is 10.5. The van der Waals surface area contributed by atoms with Crippen molar-refractivity contribution in [3.63, 3.8) is 0 Å². The highest BCUT2D eigenvalue weighted by Gasteiger charge is 2.18. The number of carbonyl (C=O) groups is 4.